The summed E-state index contributed by atoms with van der Waals surface area (Å²) < 4.78 is 0. The summed E-state index contributed by atoms with van der Waals surface area (Å²) in [5, 5.41) is 21.0. The Morgan fingerprint density at radius 3 is 2.53 bits per heavy atom. The number of carboxylic acid groups (broad SMARTS) is 1. The zero-order valence-corrected chi connectivity index (χ0v) is 10.9. The summed E-state index contributed by atoms with van der Waals surface area (Å²) in [4.78, 5) is 22.8. The van der Waals surface area contributed by atoms with Crippen molar-refractivity contribution in [3.8, 4) is 5.75 Å². The number of phenolic OH excluding ortho intramolecular Hbond substituents is 1. The van der Waals surface area contributed by atoms with E-state index in [9.17, 15) is 14.7 Å². The summed E-state index contributed by atoms with van der Waals surface area (Å²) in [7, 11) is 0. The van der Waals surface area contributed by atoms with Crippen molar-refractivity contribution < 1.29 is 19.8 Å². The fraction of sp³-hybridized carbons (Fsp3) is 0.385. The van der Waals surface area contributed by atoms with Gasteiger partial charge in [0.05, 0.1) is 10.9 Å². The van der Waals surface area contributed by atoms with E-state index in [0.717, 1.165) is 0 Å². The molecule has 1 amide bonds. The molecule has 102 valence electrons. The fourth-order valence-corrected chi connectivity index (χ4v) is 2.45. The fourth-order valence-electron chi connectivity index (χ4n) is 2.27. The summed E-state index contributed by atoms with van der Waals surface area (Å²) in [5.41, 5.74) is 0.492. The number of anilines is 1. The van der Waals surface area contributed by atoms with Gasteiger partial charge in [0.1, 0.15) is 5.75 Å². The van der Waals surface area contributed by atoms with Gasteiger partial charge in [-0.3, -0.25) is 9.59 Å². The van der Waals surface area contributed by atoms with E-state index >= 15 is 0 Å². The number of carbonyl (C=O) groups is 2. The molecule has 0 aliphatic heterocycles. The highest BCUT2D eigenvalue weighted by Gasteiger charge is 2.33. The standard InChI is InChI=1S/C13H14ClNO4/c14-10-6-9(3-4-11(10)16)15-12(17)7-1-2-8(5-7)13(18)19/h3-4,6-8,16H,1-2,5H2,(H,15,17)(H,18,19). The lowest BCUT2D eigenvalue weighted by molar-refractivity contribution is -0.141. The minimum absolute atomic E-state index is 0.0496. The van der Waals surface area contributed by atoms with Gasteiger partial charge < -0.3 is 15.5 Å². The molecule has 1 aromatic carbocycles. The van der Waals surface area contributed by atoms with Crippen LogP contribution >= 0.6 is 11.6 Å². The summed E-state index contributed by atoms with van der Waals surface area (Å²) >= 11 is 5.74. The number of hydrogen-bond acceptors (Lipinski definition) is 3. The summed E-state index contributed by atoms with van der Waals surface area (Å²) in [5.74, 6) is -1.81. The number of carbonyl (C=O) groups excluding carboxylic acids is 1. The minimum Gasteiger partial charge on any atom is -0.506 e. The van der Waals surface area contributed by atoms with Crippen LogP contribution in [0.1, 0.15) is 19.3 Å². The molecule has 1 aromatic rings. The zero-order chi connectivity index (χ0) is 14.0. The number of hydrogen-bond donors (Lipinski definition) is 3. The first-order valence-corrected chi connectivity index (χ1v) is 6.37. The molecule has 1 saturated carbocycles. The third-order valence-corrected chi connectivity index (χ3v) is 3.67. The maximum absolute atomic E-state index is 12.0. The van der Waals surface area contributed by atoms with Crippen molar-refractivity contribution in [3.05, 3.63) is 23.2 Å². The van der Waals surface area contributed by atoms with Gasteiger partial charge in [0.25, 0.3) is 0 Å². The second kappa shape index (κ2) is 5.48. The van der Waals surface area contributed by atoms with Crippen LogP contribution in [0.15, 0.2) is 18.2 Å². The highest BCUT2D eigenvalue weighted by atomic mass is 35.5. The van der Waals surface area contributed by atoms with Crippen molar-refractivity contribution in [2.45, 2.75) is 19.3 Å². The first kappa shape index (κ1) is 13.7. The van der Waals surface area contributed by atoms with Crippen molar-refractivity contribution in [2.24, 2.45) is 11.8 Å². The monoisotopic (exact) mass is 283 g/mol. The highest BCUT2D eigenvalue weighted by Crippen LogP contribution is 2.32. The van der Waals surface area contributed by atoms with Crippen molar-refractivity contribution in [1.82, 2.24) is 0 Å². The van der Waals surface area contributed by atoms with Gasteiger partial charge in [-0.05, 0) is 37.5 Å². The predicted octanol–water partition coefficient (Wildman–Crippen LogP) is 2.49. The number of rotatable bonds is 3. The average Bonchev–Trinajstić information content (AvgIpc) is 2.83. The lowest BCUT2D eigenvalue weighted by Crippen LogP contribution is -2.21. The van der Waals surface area contributed by atoms with E-state index < -0.39 is 11.9 Å². The maximum atomic E-state index is 12.0. The average molecular weight is 284 g/mol. The van der Waals surface area contributed by atoms with E-state index in [0.29, 0.717) is 24.9 Å². The summed E-state index contributed by atoms with van der Waals surface area (Å²) in [6.07, 6.45) is 1.48. The molecular formula is C13H14ClNO4. The van der Waals surface area contributed by atoms with Crippen LogP contribution in [-0.4, -0.2) is 22.1 Å². The van der Waals surface area contributed by atoms with Crippen LogP contribution in [0.25, 0.3) is 0 Å². The van der Waals surface area contributed by atoms with Gasteiger partial charge in [0.2, 0.25) is 5.91 Å². The third kappa shape index (κ3) is 3.17. The van der Waals surface area contributed by atoms with E-state index in [-0.39, 0.29) is 22.6 Å². The van der Waals surface area contributed by atoms with Crippen LogP contribution in [0.2, 0.25) is 5.02 Å². The molecule has 2 atom stereocenters. The minimum atomic E-state index is -0.844. The summed E-state index contributed by atoms with van der Waals surface area (Å²) in [6, 6.07) is 4.40. The van der Waals surface area contributed by atoms with Gasteiger partial charge in [0, 0.05) is 11.6 Å². The van der Waals surface area contributed by atoms with Crippen molar-refractivity contribution in [3.63, 3.8) is 0 Å². The normalized spacial score (nSPS) is 22.2. The SMILES string of the molecule is O=C(O)C1CCC(C(=O)Nc2ccc(O)c(Cl)c2)C1. The van der Waals surface area contributed by atoms with Gasteiger partial charge in [-0.25, -0.2) is 0 Å². The molecule has 0 heterocycles. The van der Waals surface area contributed by atoms with E-state index in [1.165, 1.54) is 12.1 Å². The van der Waals surface area contributed by atoms with Crippen LogP contribution in [0, 0.1) is 11.8 Å². The van der Waals surface area contributed by atoms with E-state index in [2.05, 4.69) is 5.32 Å². The smallest absolute Gasteiger partial charge is 0.306 e. The Labute approximate surface area is 115 Å². The first-order valence-electron chi connectivity index (χ1n) is 5.99. The molecule has 0 bridgehead atoms. The highest BCUT2D eigenvalue weighted by molar-refractivity contribution is 6.32. The molecule has 6 heteroatoms. The summed E-state index contributed by atoms with van der Waals surface area (Å²) in [6.45, 7) is 0. The van der Waals surface area contributed by atoms with Crippen molar-refractivity contribution in [2.75, 3.05) is 5.32 Å². The molecule has 1 aliphatic carbocycles. The van der Waals surface area contributed by atoms with E-state index in [4.69, 9.17) is 16.7 Å². The number of nitrogens with one attached hydrogen (secondary N) is 1. The number of aromatic hydroxyl groups is 1. The Kier molecular flexibility index (Phi) is 3.95. The second-order valence-electron chi connectivity index (χ2n) is 4.70. The predicted molar refractivity (Wildman–Crippen MR) is 70.2 cm³/mol. The molecular weight excluding hydrogens is 270 g/mol. The van der Waals surface area contributed by atoms with Crippen molar-refractivity contribution in [1.29, 1.82) is 0 Å². The molecule has 19 heavy (non-hydrogen) atoms. The van der Waals surface area contributed by atoms with E-state index in [1.54, 1.807) is 6.07 Å². The zero-order valence-electron chi connectivity index (χ0n) is 10.1. The first-order chi connectivity index (χ1) is 8.97. The molecule has 2 unspecified atom stereocenters. The number of halogens is 1. The van der Waals surface area contributed by atoms with Gasteiger partial charge in [-0.1, -0.05) is 11.6 Å². The quantitative estimate of drug-likeness (QED) is 0.744. The molecule has 0 radical (unpaired) electrons. The Morgan fingerprint density at radius 2 is 1.95 bits per heavy atom. The van der Waals surface area contributed by atoms with Crippen molar-refractivity contribution >= 4 is 29.2 Å². The molecule has 0 aromatic heterocycles. The number of carboxylic acids is 1. The van der Waals surface area contributed by atoms with Gasteiger partial charge >= 0.3 is 5.97 Å². The third-order valence-electron chi connectivity index (χ3n) is 3.37. The largest absolute Gasteiger partial charge is 0.506 e. The number of aliphatic carboxylic acids is 1. The lowest BCUT2D eigenvalue weighted by atomic mass is 10.0. The molecule has 0 saturated heterocycles. The van der Waals surface area contributed by atoms with Gasteiger partial charge in [-0.15, -0.1) is 0 Å². The van der Waals surface area contributed by atoms with Gasteiger partial charge in [-0.2, -0.15) is 0 Å². The molecule has 0 spiro atoms. The second-order valence-corrected chi connectivity index (χ2v) is 5.11. The van der Waals surface area contributed by atoms with Crippen LogP contribution in [0.4, 0.5) is 5.69 Å². The molecule has 1 aliphatic rings. The molecule has 1 fully saturated rings. The van der Waals surface area contributed by atoms with Crippen LogP contribution < -0.4 is 5.32 Å². The Bertz CT molecular complexity index is 517. The maximum Gasteiger partial charge on any atom is 0.306 e. The Morgan fingerprint density at radius 1 is 1.26 bits per heavy atom. The molecule has 5 nitrogen and oxygen atoms in total. The molecule has 2 rings (SSSR count). The van der Waals surface area contributed by atoms with Crippen LogP contribution in [0.3, 0.4) is 0 Å². The number of benzene rings is 1. The topological polar surface area (TPSA) is 86.6 Å². The molecule has 3 N–H and O–H groups in total. The Hall–Kier alpha value is -1.75. The number of amides is 1. The van der Waals surface area contributed by atoms with Crippen LogP contribution in [0.5, 0.6) is 5.75 Å². The van der Waals surface area contributed by atoms with Gasteiger partial charge in [0.15, 0.2) is 0 Å². The van der Waals surface area contributed by atoms with Crippen LogP contribution in [-0.2, 0) is 9.59 Å². The lowest BCUT2D eigenvalue weighted by Gasteiger charge is -2.11. The van der Waals surface area contributed by atoms with E-state index in [1.807, 2.05) is 0 Å². The Balaban J connectivity index is 1.98. The number of phenols is 1.